The van der Waals surface area contributed by atoms with Crippen molar-refractivity contribution in [3.05, 3.63) is 57.2 Å². The number of hydrogen-bond acceptors (Lipinski definition) is 3. The Kier molecular flexibility index (Phi) is 7.86. The second kappa shape index (κ2) is 10.1. The second-order valence-corrected chi connectivity index (χ2v) is 8.20. The van der Waals surface area contributed by atoms with Crippen molar-refractivity contribution < 1.29 is 0 Å². The van der Waals surface area contributed by atoms with Gasteiger partial charge in [-0.05, 0) is 85.2 Å². The molecule has 1 aromatic carbocycles. The summed E-state index contributed by atoms with van der Waals surface area (Å²) in [5, 5.41) is 20.3. The third-order valence-corrected chi connectivity index (χ3v) is 5.81. The third kappa shape index (κ3) is 5.18. The van der Waals surface area contributed by atoms with Gasteiger partial charge in [-0.2, -0.15) is 10.5 Å². The Balaban J connectivity index is 2.52. The Labute approximate surface area is 176 Å². The molecule has 29 heavy (non-hydrogen) atoms. The van der Waals surface area contributed by atoms with Crippen molar-refractivity contribution >= 4 is 11.1 Å². The Morgan fingerprint density at radius 2 is 1.52 bits per heavy atom. The van der Waals surface area contributed by atoms with Gasteiger partial charge in [-0.25, -0.2) is 0 Å². The molecule has 0 aromatic heterocycles. The van der Waals surface area contributed by atoms with E-state index in [1.165, 1.54) is 47.6 Å². The van der Waals surface area contributed by atoms with Gasteiger partial charge in [0.1, 0.15) is 17.7 Å². The van der Waals surface area contributed by atoms with Crippen LogP contribution in [0.1, 0.15) is 64.5 Å². The number of allylic oxidation sites excluding steroid dienone is 2. The molecule has 1 aliphatic heterocycles. The largest absolute Gasteiger partial charge is 0.353 e. The smallest absolute Gasteiger partial charge is 0.136 e. The number of aryl methyl sites for hydroxylation is 2. The zero-order chi connectivity index (χ0) is 21.6. The van der Waals surface area contributed by atoms with Gasteiger partial charge in [0.05, 0.1) is 0 Å². The van der Waals surface area contributed by atoms with E-state index in [0.717, 1.165) is 23.6 Å². The van der Waals surface area contributed by atoms with Crippen LogP contribution in [0.25, 0.3) is 11.1 Å². The summed E-state index contributed by atoms with van der Waals surface area (Å²) in [5.41, 5.74) is 6.15. The highest BCUT2D eigenvalue weighted by molar-refractivity contribution is 5.79. The van der Waals surface area contributed by atoms with Crippen molar-refractivity contribution in [1.29, 1.82) is 10.5 Å². The van der Waals surface area contributed by atoms with E-state index in [2.05, 4.69) is 58.8 Å². The average molecular weight is 388 g/mol. The van der Waals surface area contributed by atoms with Crippen LogP contribution in [0.15, 0.2) is 35.7 Å². The van der Waals surface area contributed by atoms with E-state index < -0.39 is 0 Å². The van der Waals surface area contributed by atoms with E-state index in [-0.39, 0.29) is 5.57 Å². The first kappa shape index (κ1) is 22.5. The minimum absolute atomic E-state index is 0.166. The Morgan fingerprint density at radius 1 is 0.966 bits per heavy atom. The van der Waals surface area contributed by atoms with Crippen molar-refractivity contribution in [2.45, 2.75) is 67.2 Å². The lowest BCUT2D eigenvalue weighted by molar-refractivity contribution is 0.344. The molecule has 1 aromatic rings. The van der Waals surface area contributed by atoms with Gasteiger partial charge in [-0.15, -0.1) is 0 Å². The van der Waals surface area contributed by atoms with Crippen LogP contribution in [0.5, 0.6) is 0 Å². The monoisotopic (exact) mass is 387 g/mol. The summed E-state index contributed by atoms with van der Waals surface area (Å²) in [6.45, 7) is 14.1. The Morgan fingerprint density at radius 3 is 1.97 bits per heavy atom. The predicted octanol–water partition coefficient (Wildman–Crippen LogP) is 4.99. The molecule has 0 amide bonds. The molecule has 3 heteroatoms. The van der Waals surface area contributed by atoms with Gasteiger partial charge in [0, 0.05) is 24.2 Å². The Hall–Kier alpha value is -2.78. The van der Waals surface area contributed by atoms with Gasteiger partial charge in [0.15, 0.2) is 0 Å². The van der Waals surface area contributed by atoms with Crippen molar-refractivity contribution in [1.82, 2.24) is 4.90 Å². The van der Waals surface area contributed by atoms with Crippen molar-refractivity contribution in [3.63, 3.8) is 0 Å². The summed E-state index contributed by atoms with van der Waals surface area (Å²) < 4.78 is 0. The first-order valence-corrected chi connectivity index (χ1v) is 10.7. The van der Waals surface area contributed by atoms with Gasteiger partial charge < -0.3 is 4.90 Å². The quantitative estimate of drug-likeness (QED) is 0.691. The zero-order valence-corrected chi connectivity index (χ0v) is 18.8. The molecule has 0 spiro atoms. The lowest BCUT2D eigenvalue weighted by atomic mass is 9.91. The molecule has 0 saturated carbocycles. The van der Waals surface area contributed by atoms with Crippen LogP contribution in [-0.2, 0) is 0 Å². The summed E-state index contributed by atoms with van der Waals surface area (Å²) in [6, 6.07) is 7.92. The number of hydrogen-bond donors (Lipinski definition) is 0. The van der Waals surface area contributed by atoms with Crippen molar-refractivity contribution in [2.75, 3.05) is 6.54 Å². The fourth-order valence-electron chi connectivity index (χ4n) is 4.35. The Bertz CT molecular complexity index is 958. The maximum absolute atomic E-state index is 9.20. The fraction of sp³-hybridized carbons (Fsp3) is 0.462. The molecule has 1 heterocycles. The molecule has 3 nitrogen and oxygen atoms in total. The SMILES string of the molecule is CCCCC(CC)CN1C=C(C)C(=c2c(C)cc(=C(C#N)C#N)cc2C)C(C)=C1. The molecule has 1 atom stereocenters. The van der Waals surface area contributed by atoms with E-state index in [1.54, 1.807) is 0 Å². The topological polar surface area (TPSA) is 50.8 Å². The average Bonchev–Trinajstić information content (AvgIpc) is 2.67. The second-order valence-electron chi connectivity index (χ2n) is 8.20. The van der Waals surface area contributed by atoms with Crippen LogP contribution >= 0.6 is 0 Å². The summed E-state index contributed by atoms with van der Waals surface area (Å²) in [5.74, 6) is 0.721. The molecular formula is C26H33N3. The molecule has 152 valence electrons. The van der Waals surface area contributed by atoms with Gasteiger partial charge in [0.25, 0.3) is 0 Å². The number of nitriles is 2. The van der Waals surface area contributed by atoms with Gasteiger partial charge in [-0.1, -0.05) is 33.1 Å². The number of unbranched alkanes of at least 4 members (excludes halogenated alkanes) is 1. The highest BCUT2D eigenvalue weighted by Gasteiger charge is 2.17. The zero-order valence-electron chi connectivity index (χ0n) is 18.8. The molecular weight excluding hydrogens is 354 g/mol. The van der Waals surface area contributed by atoms with E-state index in [4.69, 9.17) is 0 Å². The maximum atomic E-state index is 9.20. The molecule has 1 aliphatic rings. The number of rotatable bonds is 6. The molecule has 0 bridgehead atoms. The summed E-state index contributed by atoms with van der Waals surface area (Å²) in [4.78, 5) is 2.36. The third-order valence-electron chi connectivity index (χ3n) is 5.81. The molecule has 1 unspecified atom stereocenters. The van der Waals surface area contributed by atoms with Crippen molar-refractivity contribution in [3.8, 4) is 12.1 Å². The van der Waals surface area contributed by atoms with Crippen LogP contribution < -0.4 is 10.4 Å². The predicted molar refractivity (Wildman–Crippen MR) is 121 cm³/mol. The van der Waals surface area contributed by atoms with Crippen LogP contribution in [0.4, 0.5) is 0 Å². The van der Waals surface area contributed by atoms with Crippen LogP contribution in [0, 0.1) is 42.4 Å². The molecule has 0 radical (unpaired) electrons. The van der Waals surface area contributed by atoms with Gasteiger partial charge in [-0.3, -0.25) is 0 Å². The minimum Gasteiger partial charge on any atom is -0.353 e. The van der Waals surface area contributed by atoms with Crippen LogP contribution in [-0.4, -0.2) is 11.4 Å². The maximum Gasteiger partial charge on any atom is 0.136 e. The minimum atomic E-state index is 0.166. The van der Waals surface area contributed by atoms with Gasteiger partial charge in [0.2, 0.25) is 0 Å². The lowest BCUT2D eigenvalue weighted by Gasteiger charge is -2.29. The van der Waals surface area contributed by atoms with E-state index in [9.17, 15) is 10.5 Å². The summed E-state index contributed by atoms with van der Waals surface area (Å²) >= 11 is 0. The summed E-state index contributed by atoms with van der Waals surface area (Å²) in [6.07, 6.45) is 9.59. The fourth-order valence-corrected chi connectivity index (χ4v) is 4.35. The molecule has 0 saturated heterocycles. The number of nitrogens with zero attached hydrogens (tertiary/aromatic N) is 3. The van der Waals surface area contributed by atoms with E-state index >= 15 is 0 Å². The summed E-state index contributed by atoms with van der Waals surface area (Å²) in [7, 11) is 0. The van der Waals surface area contributed by atoms with Gasteiger partial charge >= 0.3 is 0 Å². The van der Waals surface area contributed by atoms with Crippen molar-refractivity contribution in [2.24, 2.45) is 5.92 Å². The molecule has 0 N–H and O–H groups in total. The standard InChI is InChI=1S/C26H33N3/c1-7-9-10-22(8-2)17-29-15-20(5)26(21(6)16-29)25-18(3)11-23(12-19(25)4)24(13-27)14-28/h11-12,15-16,22H,7-10,17H2,1-6H3. The highest BCUT2D eigenvalue weighted by atomic mass is 15.1. The molecule has 0 fully saturated rings. The molecule has 2 rings (SSSR count). The normalized spacial score (nSPS) is 14.6. The van der Waals surface area contributed by atoms with E-state index in [0.29, 0.717) is 5.22 Å². The lowest BCUT2D eigenvalue weighted by Crippen LogP contribution is -2.26. The number of benzene rings is 1. The highest BCUT2D eigenvalue weighted by Crippen LogP contribution is 2.27. The van der Waals surface area contributed by atoms with E-state index in [1.807, 2.05) is 24.3 Å². The molecule has 0 aliphatic carbocycles. The van der Waals surface area contributed by atoms with Crippen LogP contribution in [0.3, 0.4) is 0 Å². The first-order valence-electron chi connectivity index (χ1n) is 10.7. The first-order chi connectivity index (χ1) is 13.9. The van der Waals surface area contributed by atoms with Crippen LogP contribution in [0.2, 0.25) is 0 Å².